The van der Waals surface area contributed by atoms with Crippen molar-refractivity contribution < 1.29 is 9.90 Å². The van der Waals surface area contributed by atoms with Crippen molar-refractivity contribution in [1.82, 2.24) is 0 Å². The average Bonchev–Trinajstić information content (AvgIpc) is 2.47. The van der Waals surface area contributed by atoms with Gasteiger partial charge in [0.25, 0.3) is 0 Å². The SMILES string of the molecule is O=NCC1CC1C(=O)O. The minimum Gasteiger partial charge on any atom is -0.481 e. The van der Waals surface area contributed by atoms with E-state index in [2.05, 4.69) is 5.18 Å². The van der Waals surface area contributed by atoms with Crippen LogP contribution in [0.25, 0.3) is 0 Å². The lowest BCUT2D eigenvalue weighted by molar-refractivity contribution is -0.138. The van der Waals surface area contributed by atoms with Gasteiger partial charge in [0.1, 0.15) is 0 Å². The summed E-state index contributed by atoms with van der Waals surface area (Å²) in [6.07, 6.45) is 0.626. The maximum absolute atomic E-state index is 10.1. The molecule has 1 fully saturated rings. The number of hydrogen-bond acceptors (Lipinski definition) is 3. The van der Waals surface area contributed by atoms with Gasteiger partial charge in [-0.05, 0) is 12.3 Å². The molecule has 0 amide bonds. The van der Waals surface area contributed by atoms with Crippen molar-refractivity contribution in [2.24, 2.45) is 17.0 Å². The largest absolute Gasteiger partial charge is 0.481 e. The zero-order valence-corrected chi connectivity index (χ0v) is 4.78. The minimum absolute atomic E-state index is 0.0278. The van der Waals surface area contributed by atoms with Crippen LogP contribution in [-0.4, -0.2) is 17.6 Å². The fourth-order valence-electron chi connectivity index (χ4n) is 0.848. The molecule has 0 saturated heterocycles. The van der Waals surface area contributed by atoms with E-state index in [0.717, 1.165) is 0 Å². The Morgan fingerprint density at radius 3 is 2.78 bits per heavy atom. The number of nitrogens with zero attached hydrogens (tertiary/aromatic N) is 1. The lowest BCUT2D eigenvalue weighted by atomic mass is 10.3. The van der Waals surface area contributed by atoms with Crippen LogP contribution in [0.5, 0.6) is 0 Å². The summed E-state index contributed by atoms with van der Waals surface area (Å²) in [5.74, 6) is -1.06. The lowest BCUT2D eigenvalue weighted by Gasteiger charge is -1.83. The molecule has 1 aliphatic carbocycles. The summed E-state index contributed by atoms with van der Waals surface area (Å²) in [7, 11) is 0. The summed E-state index contributed by atoms with van der Waals surface area (Å²) < 4.78 is 0. The van der Waals surface area contributed by atoms with Crippen LogP contribution < -0.4 is 0 Å². The Morgan fingerprint density at radius 1 is 1.78 bits per heavy atom. The van der Waals surface area contributed by atoms with Gasteiger partial charge in [0.2, 0.25) is 0 Å². The second-order valence-electron chi connectivity index (χ2n) is 2.25. The fraction of sp³-hybridized carbons (Fsp3) is 0.800. The van der Waals surface area contributed by atoms with Crippen molar-refractivity contribution >= 4 is 5.97 Å². The molecule has 9 heavy (non-hydrogen) atoms. The summed E-state index contributed by atoms with van der Waals surface area (Å²) >= 11 is 0. The fourth-order valence-corrected chi connectivity index (χ4v) is 0.848. The second-order valence-corrected chi connectivity index (χ2v) is 2.25. The van der Waals surface area contributed by atoms with Crippen molar-refractivity contribution in [2.75, 3.05) is 6.54 Å². The molecule has 2 unspecified atom stereocenters. The van der Waals surface area contributed by atoms with Gasteiger partial charge < -0.3 is 5.11 Å². The quantitative estimate of drug-likeness (QED) is 0.563. The van der Waals surface area contributed by atoms with E-state index in [9.17, 15) is 9.70 Å². The van der Waals surface area contributed by atoms with E-state index in [4.69, 9.17) is 5.11 Å². The number of carboxylic acid groups (broad SMARTS) is 1. The predicted molar refractivity (Wildman–Crippen MR) is 29.9 cm³/mol. The Kier molecular flexibility index (Phi) is 1.46. The van der Waals surface area contributed by atoms with Crippen LogP contribution in [0.1, 0.15) is 6.42 Å². The molecular weight excluding hydrogens is 122 g/mol. The zero-order valence-electron chi connectivity index (χ0n) is 4.78. The van der Waals surface area contributed by atoms with Crippen molar-refractivity contribution in [2.45, 2.75) is 6.42 Å². The van der Waals surface area contributed by atoms with Crippen LogP contribution in [0.15, 0.2) is 5.18 Å². The highest BCUT2D eigenvalue weighted by molar-refractivity contribution is 5.73. The standard InChI is InChI=1S/C5H7NO3/c7-5(8)4-1-3(4)2-6-9/h3-4H,1-2H2,(H,7,8). The third kappa shape index (κ3) is 1.25. The summed E-state index contributed by atoms with van der Waals surface area (Å²) in [5, 5.41) is 10.9. The molecule has 4 heteroatoms. The van der Waals surface area contributed by atoms with Gasteiger partial charge in [-0.2, -0.15) is 4.91 Å². The normalized spacial score (nSPS) is 31.6. The number of carbonyl (C=O) groups is 1. The summed E-state index contributed by atoms with van der Waals surface area (Å²) in [5.41, 5.74) is 0. The van der Waals surface area contributed by atoms with Gasteiger partial charge in [0.15, 0.2) is 0 Å². The Bertz CT molecular complexity index is 145. The Balaban J connectivity index is 2.24. The molecule has 0 heterocycles. The molecule has 0 aromatic heterocycles. The molecule has 0 bridgehead atoms. The molecule has 0 radical (unpaired) electrons. The number of hydrogen-bond donors (Lipinski definition) is 1. The molecule has 1 N–H and O–H groups in total. The molecule has 0 aromatic rings. The van der Waals surface area contributed by atoms with Crippen molar-refractivity contribution in [3.05, 3.63) is 4.91 Å². The predicted octanol–water partition coefficient (Wildman–Crippen LogP) is 0.473. The summed E-state index contributed by atoms with van der Waals surface area (Å²) in [4.78, 5) is 19.7. The first kappa shape index (κ1) is 6.19. The number of carboxylic acids is 1. The van der Waals surface area contributed by atoms with Crippen molar-refractivity contribution in [1.29, 1.82) is 0 Å². The highest BCUT2D eigenvalue weighted by Crippen LogP contribution is 2.38. The van der Waals surface area contributed by atoms with E-state index >= 15 is 0 Å². The molecule has 1 rings (SSSR count). The maximum Gasteiger partial charge on any atom is 0.306 e. The number of rotatable bonds is 3. The Labute approximate surface area is 51.8 Å². The average molecular weight is 129 g/mol. The van der Waals surface area contributed by atoms with Crippen LogP contribution >= 0.6 is 0 Å². The van der Waals surface area contributed by atoms with E-state index in [1.54, 1.807) is 0 Å². The van der Waals surface area contributed by atoms with Gasteiger partial charge in [-0.15, -0.1) is 0 Å². The molecule has 4 nitrogen and oxygen atoms in total. The molecule has 0 spiro atoms. The van der Waals surface area contributed by atoms with Gasteiger partial charge in [-0.1, -0.05) is 5.18 Å². The monoisotopic (exact) mass is 129 g/mol. The van der Waals surface area contributed by atoms with E-state index in [0.29, 0.717) is 6.42 Å². The Morgan fingerprint density at radius 2 is 2.44 bits per heavy atom. The number of aliphatic carboxylic acids is 1. The topological polar surface area (TPSA) is 66.7 Å². The first-order chi connectivity index (χ1) is 4.25. The maximum atomic E-state index is 10.1. The van der Waals surface area contributed by atoms with E-state index in [1.165, 1.54) is 0 Å². The smallest absolute Gasteiger partial charge is 0.306 e. The molecule has 50 valence electrons. The first-order valence-corrected chi connectivity index (χ1v) is 2.77. The van der Waals surface area contributed by atoms with Crippen LogP contribution in [0, 0.1) is 16.7 Å². The van der Waals surface area contributed by atoms with Crippen molar-refractivity contribution in [3.8, 4) is 0 Å². The molecule has 2 atom stereocenters. The van der Waals surface area contributed by atoms with Crippen molar-refractivity contribution in [3.63, 3.8) is 0 Å². The summed E-state index contributed by atoms with van der Waals surface area (Å²) in [6.45, 7) is 0.164. The van der Waals surface area contributed by atoms with Gasteiger partial charge >= 0.3 is 5.97 Å². The van der Waals surface area contributed by atoms with E-state index < -0.39 is 5.97 Å². The summed E-state index contributed by atoms with van der Waals surface area (Å²) in [6, 6.07) is 0. The molecular formula is C5H7NO3. The third-order valence-corrected chi connectivity index (χ3v) is 1.55. The minimum atomic E-state index is -0.802. The highest BCUT2D eigenvalue weighted by Gasteiger charge is 2.43. The van der Waals surface area contributed by atoms with Gasteiger partial charge in [-0.3, -0.25) is 4.79 Å². The molecule has 1 saturated carbocycles. The van der Waals surface area contributed by atoms with Crippen LogP contribution in [0.2, 0.25) is 0 Å². The van der Waals surface area contributed by atoms with Gasteiger partial charge in [0, 0.05) is 0 Å². The Hall–Kier alpha value is -0.930. The molecule has 1 aliphatic rings. The van der Waals surface area contributed by atoms with E-state index in [-0.39, 0.29) is 18.4 Å². The molecule has 0 aliphatic heterocycles. The van der Waals surface area contributed by atoms with Gasteiger partial charge in [-0.25, -0.2) is 0 Å². The van der Waals surface area contributed by atoms with Crippen LogP contribution in [0.4, 0.5) is 0 Å². The second kappa shape index (κ2) is 2.13. The van der Waals surface area contributed by atoms with E-state index in [1.807, 2.05) is 0 Å². The first-order valence-electron chi connectivity index (χ1n) is 2.77. The third-order valence-electron chi connectivity index (χ3n) is 1.55. The van der Waals surface area contributed by atoms with Gasteiger partial charge in [0.05, 0.1) is 12.5 Å². The van der Waals surface area contributed by atoms with Crippen LogP contribution in [0.3, 0.4) is 0 Å². The lowest BCUT2D eigenvalue weighted by Crippen LogP contribution is -2.00. The molecule has 0 aromatic carbocycles. The van der Waals surface area contributed by atoms with Crippen LogP contribution in [-0.2, 0) is 4.79 Å². The highest BCUT2D eigenvalue weighted by atomic mass is 16.4. The number of nitroso groups, excluding NO2 is 1. The zero-order chi connectivity index (χ0) is 6.85.